The molecule has 2 unspecified atom stereocenters. The van der Waals surface area contributed by atoms with Crippen molar-refractivity contribution in [3.05, 3.63) is 110 Å². The van der Waals surface area contributed by atoms with Gasteiger partial charge >= 0.3 is 0 Å². The molecule has 5 amide bonds. The fourth-order valence-electron chi connectivity index (χ4n) is 8.41. The molecule has 0 bridgehead atoms. The molecule has 2 aliphatic heterocycles. The van der Waals surface area contributed by atoms with Gasteiger partial charge in [0.1, 0.15) is 34.6 Å². The molecule has 0 aliphatic carbocycles. The van der Waals surface area contributed by atoms with E-state index in [1.807, 2.05) is 6.92 Å². The number of hydrogen-bond acceptors (Lipinski definition) is 12. The number of imide groups is 1. The third-order valence-electron chi connectivity index (χ3n) is 12.0. The number of H-pyrrole nitrogens is 1. The number of aromatic nitrogens is 2. The van der Waals surface area contributed by atoms with E-state index in [1.165, 1.54) is 22.8 Å². The van der Waals surface area contributed by atoms with Crippen LogP contribution in [-0.4, -0.2) is 121 Å². The molecule has 1 fully saturated rings. The lowest BCUT2D eigenvalue weighted by atomic mass is 9.93. The minimum atomic E-state index is -1.21. The Morgan fingerprint density at radius 2 is 1.49 bits per heavy atom. The second-order valence-corrected chi connectivity index (χ2v) is 17.9. The van der Waals surface area contributed by atoms with Crippen LogP contribution in [0, 0.1) is 19.7 Å². The van der Waals surface area contributed by atoms with E-state index >= 15 is 0 Å². The highest BCUT2D eigenvalue weighted by Gasteiger charge is 2.45. The summed E-state index contributed by atoms with van der Waals surface area (Å²) in [6, 6.07) is 13.3. The van der Waals surface area contributed by atoms with Crippen LogP contribution in [-0.2, 0) is 41.2 Å². The largest absolute Gasteiger partial charge is 0.456 e. The zero-order chi connectivity index (χ0) is 50.3. The van der Waals surface area contributed by atoms with E-state index in [-0.39, 0.29) is 104 Å². The van der Waals surface area contributed by atoms with Gasteiger partial charge in [0, 0.05) is 42.3 Å². The van der Waals surface area contributed by atoms with E-state index in [2.05, 4.69) is 20.9 Å². The molecule has 2 aliphatic rings. The van der Waals surface area contributed by atoms with E-state index in [0.29, 0.717) is 70.8 Å². The second kappa shape index (κ2) is 22.3. The highest BCUT2D eigenvalue weighted by Crippen LogP contribution is 2.41. The molecule has 5 aromatic rings. The van der Waals surface area contributed by atoms with Crippen molar-refractivity contribution in [3.8, 4) is 22.6 Å². The number of pyridine rings is 1. The zero-order valence-corrected chi connectivity index (χ0v) is 40.1. The molecule has 5 N–H and O–H groups in total. The van der Waals surface area contributed by atoms with E-state index in [4.69, 9.17) is 23.7 Å². The number of aryl methyl sites for hydroxylation is 3. The van der Waals surface area contributed by atoms with Crippen molar-refractivity contribution in [1.82, 2.24) is 25.1 Å². The number of benzene rings is 3. The summed E-state index contributed by atoms with van der Waals surface area (Å²) in [5.41, 5.74) is 2.09. The summed E-state index contributed by atoms with van der Waals surface area (Å²) in [5, 5.41) is 19.7. The number of ether oxygens (including phenoxy) is 5. The molecule has 1 saturated heterocycles. The zero-order valence-electron chi connectivity index (χ0n) is 40.1. The molecule has 0 saturated carbocycles. The van der Waals surface area contributed by atoms with Gasteiger partial charge < -0.3 is 54.3 Å². The van der Waals surface area contributed by atoms with Crippen molar-refractivity contribution in [2.24, 2.45) is 7.05 Å². The van der Waals surface area contributed by atoms with Gasteiger partial charge in [-0.3, -0.25) is 33.7 Å². The molecular formula is C51H59FN6O12. The number of piperidine rings is 1. The summed E-state index contributed by atoms with van der Waals surface area (Å²) in [6.45, 7) is 10.8. The summed E-state index contributed by atoms with van der Waals surface area (Å²) < 4.78 is 44.2. The maximum absolute atomic E-state index is 14.2. The number of hydrogen-bond donors (Lipinski definition) is 5. The number of fused-ring (bicyclic) bond motifs is 2. The van der Waals surface area contributed by atoms with Crippen LogP contribution in [0.4, 0.5) is 10.1 Å². The molecule has 2 aromatic heterocycles. The van der Waals surface area contributed by atoms with E-state index in [1.54, 1.807) is 77.3 Å². The fourth-order valence-corrected chi connectivity index (χ4v) is 8.41. The lowest BCUT2D eigenvalue weighted by Gasteiger charge is -2.31. The van der Waals surface area contributed by atoms with Crippen molar-refractivity contribution in [3.63, 3.8) is 0 Å². The van der Waals surface area contributed by atoms with E-state index in [9.17, 15) is 38.3 Å². The van der Waals surface area contributed by atoms with Crippen molar-refractivity contribution in [2.75, 3.05) is 64.7 Å². The smallest absolute Gasteiger partial charge is 0.274 e. The number of anilines is 1. The van der Waals surface area contributed by atoms with Gasteiger partial charge in [0.15, 0.2) is 0 Å². The lowest BCUT2D eigenvalue weighted by Crippen LogP contribution is -2.55. The molecule has 0 radical (unpaired) electrons. The van der Waals surface area contributed by atoms with Gasteiger partial charge in [-0.15, -0.1) is 0 Å². The Labute approximate surface area is 403 Å². The van der Waals surface area contributed by atoms with Crippen LogP contribution < -0.4 is 26.2 Å². The molecule has 18 nitrogen and oxygen atoms in total. The van der Waals surface area contributed by atoms with Gasteiger partial charge in [0.25, 0.3) is 23.3 Å². The number of aromatic amines is 1. The number of aliphatic hydroxyl groups is 1. The Morgan fingerprint density at radius 3 is 2.14 bits per heavy atom. The Bertz CT molecular complexity index is 2830. The number of carbonyl (C=O) groups is 5. The van der Waals surface area contributed by atoms with Crippen LogP contribution in [0.15, 0.2) is 65.6 Å². The highest BCUT2D eigenvalue weighted by molar-refractivity contribution is 6.25. The van der Waals surface area contributed by atoms with Gasteiger partial charge in [-0.25, -0.2) is 4.39 Å². The number of nitrogens with zero attached hydrogens (tertiary/aromatic N) is 2. The van der Waals surface area contributed by atoms with Crippen molar-refractivity contribution < 1.29 is 57.2 Å². The van der Waals surface area contributed by atoms with Gasteiger partial charge in [0.2, 0.25) is 11.8 Å². The van der Waals surface area contributed by atoms with Crippen LogP contribution in [0.1, 0.15) is 87.9 Å². The fraction of sp³-hybridized carbons (Fsp3) is 0.412. The Balaban J connectivity index is 0.794. The summed E-state index contributed by atoms with van der Waals surface area (Å²) in [5.74, 6) is -1.91. The second-order valence-electron chi connectivity index (χ2n) is 17.9. The number of amides is 5. The topological polar surface area (TPSA) is 229 Å². The Hall–Kier alpha value is -6.77. The molecule has 372 valence electrons. The summed E-state index contributed by atoms with van der Waals surface area (Å²) in [7, 11) is 1.60. The minimum Gasteiger partial charge on any atom is -0.456 e. The van der Waals surface area contributed by atoms with E-state index in [0.717, 1.165) is 4.90 Å². The van der Waals surface area contributed by atoms with Crippen molar-refractivity contribution in [1.29, 1.82) is 0 Å². The molecule has 4 heterocycles. The molecule has 7 rings (SSSR count). The summed E-state index contributed by atoms with van der Waals surface area (Å²) in [4.78, 5) is 82.4. The third kappa shape index (κ3) is 11.8. The standard InChI is InChI=1S/C51H59FN6O12/c1-29-24-33(52)25-30(2)45(29)70-41-13-11-32(51(4,5)65)26-35(41)37-28-57(6)50(64)44-36(37)27-39(56-44)46(60)53-15-17-67-19-21-69-23-22-68-20-18-66-16-14-42(59)55-38-9-7-8-34-43(38)49(63)58(48(34)62)40-12-10-31(3)54-47(40)61/h7-9,11,13,24-28,31,40,56,65H,10,12,14-23H2,1-6H3,(H,53,60)(H,54,61)(H,55,59). The van der Waals surface area contributed by atoms with Crippen molar-refractivity contribution >= 4 is 46.1 Å². The predicted molar refractivity (Wildman–Crippen MR) is 257 cm³/mol. The first kappa shape index (κ1) is 51.1. The minimum absolute atomic E-state index is 0.00421. The third-order valence-corrected chi connectivity index (χ3v) is 12.0. The van der Waals surface area contributed by atoms with Gasteiger partial charge in [-0.2, -0.15) is 0 Å². The van der Waals surface area contributed by atoms with E-state index < -0.39 is 35.3 Å². The maximum atomic E-state index is 14.2. The Morgan fingerprint density at radius 1 is 0.829 bits per heavy atom. The lowest BCUT2D eigenvalue weighted by molar-refractivity contribution is -0.127. The SMILES string of the molecule is Cc1cc(F)cc(C)c1Oc1ccc(C(C)(C)O)cc1-c1cn(C)c(=O)c2[nH]c(C(=O)NCCOCCOCCOCCOCCC(=O)Nc3cccc4c3C(=O)N(C3CCC(C)NC3=O)C4=O)cc12. The van der Waals surface area contributed by atoms with Crippen LogP contribution >= 0.6 is 0 Å². The number of nitrogens with one attached hydrogen (secondary N) is 4. The van der Waals surface area contributed by atoms with Gasteiger partial charge in [0.05, 0.1) is 81.7 Å². The number of carbonyl (C=O) groups excluding carboxylic acids is 5. The number of rotatable bonds is 22. The molecule has 2 atom stereocenters. The monoisotopic (exact) mass is 966 g/mol. The van der Waals surface area contributed by atoms with Crippen LogP contribution in [0.5, 0.6) is 11.5 Å². The quantitative estimate of drug-likeness (QED) is 0.0434. The summed E-state index contributed by atoms with van der Waals surface area (Å²) >= 11 is 0. The molecular weight excluding hydrogens is 908 g/mol. The maximum Gasteiger partial charge on any atom is 0.274 e. The van der Waals surface area contributed by atoms with Crippen LogP contribution in [0.3, 0.4) is 0 Å². The molecule has 0 spiro atoms. The van der Waals surface area contributed by atoms with Gasteiger partial charge in [-0.1, -0.05) is 12.1 Å². The first-order valence-electron chi connectivity index (χ1n) is 23.2. The van der Waals surface area contributed by atoms with Gasteiger partial charge in [-0.05, 0) is 107 Å². The summed E-state index contributed by atoms with van der Waals surface area (Å²) in [6.07, 6.45) is 2.64. The molecule has 70 heavy (non-hydrogen) atoms. The normalized spacial score (nSPS) is 15.9. The Kier molecular flexibility index (Phi) is 16.3. The highest BCUT2D eigenvalue weighted by atomic mass is 19.1. The number of halogens is 1. The first-order valence-corrected chi connectivity index (χ1v) is 23.2. The average Bonchev–Trinajstić information content (AvgIpc) is 3.86. The first-order chi connectivity index (χ1) is 33.4. The van der Waals surface area contributed by atoms with Crippen molar-refractivity contribution in [2.45, 2.75) is 71.6 Å². The average molecular weight is 967 g/mol. The van der Waals surface area contributed by atoms with Crippen LogP contribution in [0.25, 0.3) is 22.0 Å². The molecule has 19 heteroatoms. The van der Waals surface area contributed by atoms with Crippen LogP contribution in [0.2, 0.25) is 0 Å². The predicted octanol–water partition coefficient (Wildman–Crippen LogP) is 5.40. The molecule has 3 aromatic carbocycles.